The van der Waals surface area contributed by atoms with Crippen LogP contribution in [0, 0.1) is 0 Å². The van der Waals surface area contributed by atoms with Crippen LogP contribution in [0.25, 0.3) is 0 Å². The molecule has 0 amide bonds. The first kappa shape index (κ1) is 21.5. The van der Waals surface area contributed by atoms with Gasteiger partial charge in [-0.2, -0.15) is 0 Å². The van der Waals surface area contributed by atoms with Gasteiger partial charge in [0.1, 0.15) is 0 Å². The van der Waals surface area contributed by atoms with E-state index in [4.69, 9.17) is 8.85 Å². The van der Waals surface area contributed by atoms with Gasteiger partial charge >= 0.3 is 5.97 Å². The van der Waals surface area contributed by atoms with Crippen LogP contribution in [-0.4, -0.2) is 35.9 Å². The van der Waals surface area contributed by atoms with Crippen LogP contribution in [0.5, 0.6) is 0 Å². The minimum Gasteiger partial charge on any atom is -0.462 e. The quantitative estimate of drug-likeness (QED) is 0.214. The van der Waals surface area contributed by atoms with Crippen LogP contribution < -0.4 is 0 Å². The van der Waals surface area contributed by atoms with Crippen molar-refractivity contribution in [3.8, 4) is 0 Å². The summed E-state index contributed by atoms with van der Waals surface area (Å²) in [5, 5.41) is 0. The lowest BCUT2D eigenvalue weighted by atomic mass is 10.4. The van der Waals surface area contributed by atoms with E-state index >= 15 is 0 Å². The molecule has 0 bridgehead atoms. The lowest BCUT2D eigenvalue weighted by Crippen LogP contribution is -2.46. The Balaban J connectivity index is 4.33. The van der Waals surface area contributed by atoms with Gasteiger partial charge in [0.25, 0.3) is 0 Å². The third kappa shape index (κ3) is 9.53. The van der Waals surface area contributed by atoms with Gasteiger partial charge in [-0.3, -0.25) is 4.39 Å². The Morgan fingerprint density at radius 1 is 1.14 bits per heavy atom. The molecule has 3 nitrogen and oxygen atoms in total. The van der Waals surface area contributed by atoms with E-state index in [1.165, 1.54) is 0 Å². The Bertz CT molecular complexity index is 361. The number of ether oxygens (including phenoxy) is 1. The van der Waals surface area contributed by atoms with Crippen LogP contribution >= 0.6 is 0 Å². The molecule has 130 valence electrons. The van der Waals surface area contributed by atoms with Gasteiger partial charge in [-0.15, -0.1) is 0 Å². The van der Waals surface area contributed by atoms with E-state index in [1.807, 2.05) is 0 Å². The fourth-order valence-electron chi connectivity index (χ4n) is 2.48. The third-order valence-electron chi connectivity index (χ3n) is 3.71. The molecule has 1 atom stereocenters. The Morgan fingerprint density at radius 3 is 2.27 bits per heavy atom. The number of rotatable bonds is 12. The summed E-state index contributed by atoms with van der Waals surface area (Å²) in [5.74, 6) is -0.333. The van der Waals surface area contributed by atoms with Gasteiger partial charge in [0.05, 0.1) is 13.3 Å². The maximum atomic E-state index is 12.9. The van der Waals surface area contributed by atoms with E-state index in [0.29, 0.717) is 18.2 Å². The predicted octanol–water partition coefficient (Wildman–Crippen LogP) is 5.06. The first-order chi connectivity index (χ1) is 10.2. The lowest BCUT2D eigenvalue weighted by Gasteiger charge is -2.36. The average molecular weight is 349 g/mol. The summed E-state index contributed by atoms with van der Waals surface area (Å²) in [4.78, 5) is 11.3. The molecule has 0 aliphatic carbocycles. The molecule has 0 N–H and O–H groups in total. The smallest absolute Gasteiger partial charge is 0.333 e. The van der Waals surface area contributed by atoms with E-state index in [1.54, 1.807) is 6.92 Å². The molecule has 22 heavy (non-hydrogen) atoms. The molecular weight excluding hydrogens is 315 g/mol. The topological polar surface area (TPSA) is 35.5 Å². The second kappa shape index (κ2) is 10.3. The molecule has 0 heterocycles. The second-order valence-corrected chi connectivity index (χ2v) is 15.6. The van der Waals surface area contributed by atoms with Crippen molar-refractivity contribution in [1.82, 2.24) is 0 Å². The van der Waals surface area contributed by atoms with Crippen molar-refractivity contribution in [1.29, 1.82) is 0 Å². The van der Waals surface area contributed by atoms with Gasteiger partial charge in [0, 0.05) is 5.57 Å². The van der Waals surface area contributed by atoms with Crippen molar-refractivity contribution in [3.63, 3.8) is 0 Å². The van der Waals surface area contributed by atoms with Crippen molar-refractivity contribution in [2.45, 2.75) is 70.9 Å². The van der Waals surface area contributed by atoms with E-state index in [2.05, 4.69) is 33.1 Å². The zero-order valence-corrected chi connectivity index (χ0v) is 17.0. The molecule has 0 rings (SSSR count). The molecule has 6 heteroatoms. The second-order valence-electron chi connectivity index (χ2n) is 6.87. The summed E-state index contributed by atoms with van der Waals surface area (Å²) in [6.07, 6.45) is 3.03. The third-order valence-corrected chi connectivity index (χ3v) is 12.1. The van der Waals surface area contributed by atoms with Gasteiger partial charge in [0.15, 0.2) is 16.6 Å². The van der Waals surface area contributed by atoms with Gasteiger partial charge in [0.2, 0.25) is 0 Å². The van der Waals surface area contributed by atoms with Gasteiger partial charge in [-0.1, -0.05) is 26.3 Å². The summed E-state index contributed by atoms with van der Waals surface area (Å²) < 4.78 is 24.5. The number of halogens is 1. The standard InChI is InChI=1S/C16H33FO3Si2/c1-7-8-13-22(6,14-10-17)20-21(4,5)12-9-11-19-16(18)15(2)3/h2,7-14H2,1,3-6H3. The molecule has 0 aromatic carbocycles. The number of unbranched alkanes of at least 4 members (excludes halogenated alkanes) is 1. The highest BCUT2D eigenvalue weighted by atomic mass is 28.4. The van der Waals surface area contributed by atoms with Crippen molar-refractivity contribution in [3.05, 3.63) is 12.2 Å². The highest BCUT2D eigenvalue weighted by molar-refractivity contribution is 6.85. The Kier molecular flexibility index (Phi) is 10.1. The predicted molar refractivity (Wildman–Crippen MR) is 95.9 cm³/mol. The Labute approximate surface area is 137 Å². The lowest BCUT2D eigenvalue weighted by molar-refractivity contribution is -0.138. The summed E-state index contributed by atoms with van der Waals surface area (Å²) in [5.41, 5.74) is 0.426. The number of hydrogen-bond donors (Lipinski definition) is 0. The van der Waals surface area contributed by atoms with Crippen LogP contribution in [0.1, 0.15) is 33.1 Å². The fraction of sp³-hybridized carbons (Fsp3) is 0.812. The molecule has 0 aromatic rings. The Hall–Kier alpha value is -0.466. The monoisotopic (exact) mass is 348 g/mol. The molecule has 0 saturated heterocycles. The highest BCUT2D eigenvalue weighted by Gasteiger charge is 2.35. The summed E-state index contributed by atoms with van der Waals surface area (Å²) in [7, 11) is -3.78. The molecule has 0 radical (unpaired) electrons. The largest absolute Gasteiger partial charge is 0.462 e. The van der Waals surface area contributed by atoms with Crippen molar-refractivity contribution in [2.24, 2.45) is 0 Å². The maximum Gasteiger partial charge on any atom is 0.333 e. The average Bonchev–Trinajstić information content (AvgIpc) is 2.40. The van der Waals surface area contributed by atoms with Crippen LogP contribution in [0.4, 0.5) is 4.39 Å². The molecule has 0 aromatic heterocycles. The molecule has 1 unspecified atom stereocenters. The minimum absolute atomic E-state index is 0.285. The van der Waals surface area contributed by atoms with E-state index < -0.39 is 16.6 Å². The first-order valence-electron chi connectivity index (χ1n) is 8.24. The Morgan fingerprint density at radius 2 is 1.77 bits per heavy atom. The van der Waals surface area contributed by atoms with Crippen molar-refractivity contribution in [2.75, 3.05) is 13.3 Å². The maximum absolute atomic E-state index is 12.9. The van der Waals surface area contributed by atoms with E-state index in [-0.39, 0.29) is 12.6 Å². The van der Waals surface area contributed by atoms with Crippen LogP contribution in [0.3, 0.4) is 0 Å². The van der Waals surface area contributed by atoms with Gasteiger partial charge in [-0.05, 0) is 51.1 Å². The van der Waals surface area contributed by atoms with E-state index in [0.717, 1.165) is 31.4 Å². The summed E-state index contributed by atoms with van der Waals surface area (Å²) in [6.45, 7) is 14.0. The van der Waals surface area contributed by atoms with Crippen LogP contribution in [0.2, 0.25) is 37.8 Å². The first-order valence-corrected chi connectivity index (χ1v) is 14.2. The van der Waals surface area contributed by atoms with Crippen molar-refractivity contribution >= 4 is 22.6 Å². The normalized spacial score (nSPS) is 14.5. The molecule has 0 fully saturated rings. The van der Waals surface area contributed by atoms with Gasteiger partial charge < -0.3 is 8.85 Å². The molecule has 0 spiro atoms. The minimum atomic E-state index is -1.94. The zero-order valence-electron chi connectivity index (χ0n) is 15.0. The van der Waals surface area contributed by atoms with Crippen molar-refractivity contribution < 1.29 is 18.0 Å². The van der Waals surface area contributed by atoms with Gasteiger partial charge in [-0.25, -0.2) is 4.79 Å². The van der Waals surface area contributed by atoms with Crippen LogP contribution in [0.15, 0.2) is 12.2 Å². The molecule has 0 saturated carbocycles. The number of alkyl halides is 1. The SMILES string of the molecule is C=C(C)C(=O)OCCC[Si](C)(C)O[Si](C)(CCF)CCCC. The fourth-order valence-corrected chi connectivity index (χ4v) is 11.8. The number of esters is 1. The van der Waals surface area contributed by atoms with E-state index in [9.17, 15) is 9.18 Å². The number of carbonyl (C=O) groups is 1. The molecular formula is C16H33FO3Si2. The van der Waals surface area contributed by atoms with Crippen LogP contribution in [-0.2, 0) is 13.6 Å². The summed E-state index contributed by atoms with van der Waals surface area (Å²) in [6, 6.07) is 2.56. The molecule has 0 aliphatic heterocycles. The summed E-state index contributed by atoms with van der Waals surface area (Å²) >= 11 is 0. The number of hydrogen-bond acceptors (Lipinski definition) is 3. The number of carbonyl (C=O) groups excluding carboxylic acids is 1. The zero-order chi connectivity index (χ0) is 17.2. The molecule has 0 aliphatic rings. The highest BCUT2D eigenvalue weighted by Crippen LogP contribution is 2.27.